The van der Waals surface area contributed by atoms with Gasteiger partial charge in [-0.3, -0.25) is 0 Å². The van der Waals surface area contributed by atoms with Crippen molar-refractivity contribution in [1.29, 1.82) is 0 Å². The Morgan fingerprint density at radius 3 is 2.41 bits per heavy atom. The molecule has 0 radical (unpaired) electrons. The molecule has 0 saturated heterocycles. The van der Waals surface area contributed by atoms with Gasteiger partial charge in [-0.05, 0) is 43.0 Å². The van der Waals surface area contributed by atoms with E-state index in [1.165, 1.54) is 12.1 Å². The number of phenolic OH excluding ortho intramolecular Hbond substituents is 3. The maximum atomic E-state index is 10.0. The fourth-order valence-corrected chi connectivity index (χ4v) is 3.04. The molecule has 2 aromatic carbocycles. The number of hydrogen-bond donors (Lipinski definition) is 3. The lowest BCUT2D eigenvalue weighted by Crippen LogP contribution is -2.24. The number of phenols is 3. The van der Waals surface area contributed by atoms with Crippen molar-refractivity contribution in [3.63, 3.8) is 0 Å². The average Bonchev–Trinajstić information content (AvgIpc) is 2.44. The van der Waals surface area contributed by atoms with E-state index in [0.717, 1.165) is 22.3 Å². The summed E-state index contributed by atoms with van der Waals surface area (Å²) in [6, 6.07) is 6.60. The quantitative estimate of drug-likeness (QED) is 0.750. The first-order valence-electron chi connectivity index (χ1n) is 7.38. The zero-order valence-electron chi connectivity index (χ0n) is 12.9. The minimum atomic E-state index is -0.223. The monoisotopic (exact) mass is 300 g/mol. The standard InChI is InChI=1S/C18H20O4/c1-9-4-12(6-15(20)11(9)3)18-10(2)5-14-16(21)7-13(19)8-17(14)22-18/h4,6-8,10,18-21H,5H2,1-3H3. The van der Waals surface area contributed by atoms with Crippen molar-refractivity contribution in [3.8, 4) is 23.0 Å². The molecular formula is C18H20O4. The molecule has 2 aromatic rings. The topological polar surface area (TPSA) is 69.9 Å². The summed E-state index contributed by atoms with van der Waals surface area (Å²) in [4.78, 5) is 0. The summed E-state index contributed by atoms with van der Waals surface area (Å²) < 4.78 is 6.01. The van der Waals surface area contributed by atoms with Crippen molar-refractivity contribution in [2.45, 2.75) is 33.3 Å². The van der Waals surface area contributed by atoms with Crippen LogP contribution < -0.4 is 4.74 Å². The van der Waals surface area contributed by atoms with Crippen LogP contribution in [0.1, 0.15) is 35.3 Å². The minimum Gasteiger partial charge on any atom is -0.508 e. The molecule has 0 fully saturated rings. The minimum absolute atomic E-state index is 0.0208. The Morgan fingerprint density at radius 1 is 1.00 bits per heavy atom. The van der Waals surface area contributed by atoms with E-state index in [-0.39, 0.29) is 29.3 Å². The molecule has 22 heavy (non-hydrogen) atoms. The molecular weight excluding hydrogens is 280 g/mol. The molecule has 3 N–H and O–H groups in total. The number of rotatable bonds is 1. The van der Waals surface area contributed by atoms with Crippen molar-refractivity contribution in [2.75, 3.05) is 0 Å². The lowest BCUT2D eigenvalue weighted by molar-refractivity contribution is 0.121. The van der Waals surface area contributed by atoms with Crippen LogP contribution in [0.25, 0.3) is 0 Å². The van der Waals surface area contributed by atoms with Gasteiger partial charge in [-0.25, -0.2) is 0 Å². The molecule has 1 aliphatic heterocycles. The summed E-state index contributed by atoms with van der Waals surface area (Å²) in [5, 5.41) is 29.6. The number of hydrogen-bond acceptors (Lipinski definition) is 4. The van der Waals surface area contributed by atoms with Crippen LogP contribution in [0, 0.1) is 19.8 Å². The number of aromatic hydroxyl groups is 3. The molecule has 3 rings (SSSR count). The third-order valence-electron chi connectivity index (χ3n) is 4.46. The highest BCUT2D eigenvalue weighted by Gasteiger charge is 2.31. The molecule has 0 amide bonds. The highest BCUT2D eigenvalue weighted by molar-refractivity contribution is 5.51. The van der Waals surface area contributed by atoms with Gasteiger partial charge in [0.05, 0.1) is 0 Å². The van der Waals surface area contributed by atoms with Crippen molar-refractivity contribution < 1.29 is 20.1 Å². The molecule has 0 bridgehead atoms. The van der Waals surface area contributed by atoms with Crippen LogP contribution in [0.4, 0.5) is 0 Å². The summed E-state index contributed by atoms with van der Waals surface area (Å²) in [5.74, 6) is 0.939. The molecule has 0 aromatic heterocycles. The maximum Gasteiger partial charge on any atom is 0.130 e. The van der Waals surface area contributed by atoms with E-state index in [2.05, 4.69) is 0 Å². The number of ether oxygens (including phenoxy) is 1. The van der Waals surface area contributed by atoms with Gasteiger partial charge >= 0.3 is 0 Å². The van der Waals surface area contributed by atoms with Gasteiger partial charge < -0.3 is 20.1 Å². The second-order valence-corrected chi connectivity index (χ2v) is 6.14. The Kier molecular flexibility index (Phi) is 3.39. The van der Waals surface area contributed by atoms with Crippen LogP contribution >= 0.6 is 0 Å². The zero-order chi connectivity index (χ0) is 16.0. The average molecular weight is 300 g/mol. The normalized spacial score (nSPS) is 20.3. The third kappa shape index (κ3) is 2.34. The molecule has 116 valence electrons. The van der Waals surface area contributed by atoms with Crippen molar-refractivity contribution in [1.82, 2.24) is 0 Å². The van der Waals surface area contributed by atoms with Crippen LogP contribution in [0.3, 0.4) is 0 Å². The molecule has 1 aliphatic rings. The number of aryl methyl sites for hydroxylation is 1. The molecule has 1 heterocycles. The summed E-state index contributed by atoms with van der Waals surface area (Å²) in [6.45, 7) is 5.88. The summed E-state index contributed by atoms with van der Waals surface area (Å²) in [5.41, 5.74) is 3.49. The van der Waals surface area contributed by atoms with Gasteiger partial charge in [-0.15, -0.1) is 0 Å². The SMILES string of the molecule is Cc1cc(C2Oc3cc(O)cc(O)c3CC2C)cc(O)c1C. The fourth-order valence-electron chi connectivity index (χ4n) is 3.04. The van der Waals surface area contributed by atoms with E-state index in [1.807, 2.05) is 26.8 Å². The van der Waals surface area contributed by atoms with E-state index >= 15 is 0 Å². The number of fused-ring (bicyclic) bond motifs is 1. The Bertz CT molecular complexity index is 713. The van der Waals surface area contributed by atoms with Gasteiger partial charge in [-0.1, -0.05) is 13.0 Å². The Hall–Kier alpha value is -2.36. The van der Waals surface area contributed by atoms with Gasteiger partial charge in [0.25, 0.3) is 0 Å². The van der Waals surface area contributed by atoms with Crippen molar-refractivity contribution >= 4 is 0 Å². The largest absolute Gasteiger partial charge is 0.508 e. The van der Waals surface area contributed by atoms with Gasteiger partial charge in [-0.2, -0.15) is 0 Å². The predicted octanol–water partition coefficient (Wildman–Crippen LogP) is 3.73. The molecule has 2 atom stereocenters. The molecule has 0 saturated carbocycles. The summed E-state index contributed by atoms with van der Waals surface area (Å²) in [6.07, 6.45) is 0.429. The molecule has 0 aliphatic carbocycles. The van der Waals surface area contributed by atoms with Gasteiger partial charge in [0.1, 0.15) is 29.1 Å². The van der Waals surface area contributed by atoms with Crippen LogP contribution in [0.2, 0.25) is 0 Å². The Balaban J connectivity index is 2.03. The van der Waals surface area contributed by atoms with E-state index in [4.69, 9.17) is 4.74 Å². The van der Waals surface area contributed by atoms with Gasteiger partial charge in [0.15, 0.2) is 0 Å². The number of benzene rings is 2. The molecule has 2 unspecified atom stereocenters. The smallest absolute Gasteiger partial charge is 0.130 e. The molecule has 0 spiro atoms. The van der Waals surface area contributed by atoms with Crippen molar-refractivity contribution in [3.05, 3.63) is 46.5 Å². The fraction of sp³-hybridized carbons (Fsp3) is 0.333. The first-order valence-corrected chi connectivity index (χ1v) is 7.38. The molecule has 4 nitrogen and oxygen atoms in total. The highest BCUT2D eigenvalue weighted by atomic mass is 16.5. The van der Waals surface area contributed by atoms with Crippen LogP contribution in [0.5, 0.6) is 23.0 Å². The van der Waals surface area contributed by atoms with Crippen LogP contribution in [0.15, 0.2) is 24.3 Å². The summed E-state index contributed by atoms with van der Waals surface area (Å²) >= 11 is 0. The van der Waals surface area contributed by atoms with E-state index < -0.39 is 0 Å². The van der Waals surface area contributed by atoms with Crippen molar-refractivity contribution in [2.24, 2.45) is 5.92 Å². The lowest BCUT2D eigenvalue weighted by atomic mass is 9.87. The lowest BCUT2D eigenvalue weighted by Gasteiger charge is -2.32. The predicted molar refractivity (Wildman–Crippen MR) is 83.6 cm³/mol. The Morgan fingerprint density at radius 2 is 1.73 bits per heavy atom. The highest BCUT2D eigenvalue weighted by Crippen LogP contribution is 2.44. The first-order chi connectivity index (χ1) is 10.4. The van der Waals surface area contributed by atoms with Gasteiger partial charge in [0, 0.05) is 23.6 Å². The summed E-state index contributed by atoms with van der Waals surface area (Å²) in [7, 11) is 0. The third-order valence-corrected chi connectivity index (χ3v) is 4.46. The van der Waals surface area contributed by atoms with E-state index in [1.54, 1.807) is 6.07 Å². The first kappa shape index (κ1) is 14.6. The Labute approximate surface area is 129 Å². The van der Waals surface area contributed by atoms with Crippen LogP contribution in [-0.2, 0) is 6.42 Å². The van der Waals surface area contributed by atoms with E-state index in [9.17, 15) is 15.3 Å². The second-order valence-electron chi connectivity index (χ2n) is 6.14. The van der Waals surface area contributed by atoms with Gasteiger partial charge in [0.2, 0.25) is 0 Å². The molecule has 4 heteroatoms. The second kappa shape index (κ2) is 5.13. The zero-order valence-corrected chi connectivity index (χ0v) is 12.9. The van der Waals surface area contributed by atoms with E-state index in [0.29, 0.717) is 12.2 Å². The maximum absolute atomic E-state index is 10.0. The van der Waals surface area contributed by atoms with Crippen LogP contribution in [-0.4, -0.2) is 15.3 Å².